The van der Waals surface area contributed by atoms with Crippen LogP contribution in [0.1, 0.15) is 6.42 Å². The van der Waals surface area contributed by atoms with Crippen LogP contribution in [0, 0.1) is 0 Å². The van der Waals surface area contributed by atoms with E-state index in [1.165, 1.54) is 19.3 Å². The van der Waals surface area contributed by atoms with Gasteiger partial charge in [0, 0.05) is 19.7 Å². The molecule has 88 valence electrons. The first kappa shape index (κ1) is 12.4. The summed E-state index contributed by atoms with van der Waals surface area (Å²) in [5, 5.41) is 2.18. The molecule has 1 rings (SSSR count). The highest BCUT2D eigenvalue weighted by Crippen LogP contribution is 2.16. The van der Waals surface area contributed by atoms with Gasteiger partial charge in [-0.3, -0.25) is 4.79 Å². The summed E-state index contributed by atoms with van der Waals surface area (Å²) in [6, 6.07) is 3.01. The minimum Gasteiger partial charge on any atom is -0.396 e. The molecule has 1 aromatic rings. The second-order valence-corrected chi connectivity index (χ2v) is 5.16. The average molecular weight is 243 g/mol. The molecule has 16 heavy (non-hydrogen) atoms. The topological polar surface area (TPSA) is 102 Å². The van der Waals surface area contributed by atoms with E-state index in [-0.39, 0.29) is 28.8 Å². The zero-order valence-electron chi connectivity index (χ0n) is 8.80. The van der Waals surface area contributed by atoms with E-state index in [4.69, 9.17) is 5.73 Å². The van der Waals surface area contributed by atoms with Gasteiger partial charge in [-0.2, -0.15) is 0 Å². The van der Waals surface area contributed by atoms with Gasteiger partial charge in [0.15, 0.2) is 14.9 Å². The van der Waals surface area contributed by atoms with Crippen LogP contribution < -0.4 is 11.1 Å². The second kappa shape index (κ2) is 4.93. The SMILES string of the molecule is CNC(=O)CCS(=O)(=O)c1ncccc1N. The van der Waals surface area contributed by atoms with Crippen LogP contribution in [-0.4, -0.2) is 32.1 Å². The molecular weight excluding hydrogens is 230 g/mol. The Kier molecular flexibility index (Phi) is 3.83. The first-order valence-corrected chi connectivity index (χ1v) is 6.26. The highest BCUT2D eigenvalue weighted by Gasteiger charge is 2.19. The number of nitrogen functional groups attached to an aromatic ring is 1. The maximum absolute atomic E-state index is 11.8. The molecule has 0 saturated carbocycles. The smallest absolute Gasteiger partial charge is 0.220 e. The van der Waals surface area contributed by atoms with Gasteiger partial charge < -0.3 is 11.1 Å². The minimum atomic E-state index is -3.59. The molecule has 0 aromatic carbocycles. The van der Waals surface area contributed by atoms with Gasteiger partial charge in [-0.15, -0.1) is 0 Å². The highest BCUT2D eigenvalue weighted by atomic mass is 32.2. The van der Waals surface area contributed by atoms with Crippen molar-refractivity contribution in [2.45, 2.75) is 11.4 Å². The van der Waals surface area contributed by atoms with E-state index < -0.39 is 9.84 Å². The number of hydrogen-bond donors (Lipinski definition) is 2. The number of sulfone groups is 1. The Hall–Kier alpha value is -1.63. The summed E-state index contributed by atoms with van der Waals surface area (Å²) in [7, 11) is -2.14. The number of carbonyl (C=O) groups excluding carboxylic acids is 1. The van der Waals surface area contributed by atoms with E-state index in [0.29, 0.717) is 0 Å². The molecule has 0 atom stereocenters. The summed E-state index contributed by atoms with van der Waals surface area (Å²) in [6.45, 7) is 0. The summed E-state index contributed by atoms with van der Waals surface area (Å²) >= 11 is 0. The largest absolute Gasteiger partial charge is 0.396 e. The number of nitrogens with one attached hydrogen (secondary N) is 1. The monoisotopic (exact) mass is 243 g/mol. The molecule has 3 N–H and O–H groups in total. The van der Waals surface area contributed by atoms with Crippen molar-refractivity contribution in [3.8, 4) is 0 Å². The summed E-state index contributed by atoms with van der Waals surface area (Å²) < 4.78 is 23.5. The second-order valence-electron chi connectivity index (χ2n) is 3.14. The van der Waals surface area contributed by atoms with Gasteiger partial charge in [-0.05, 0) is 12.1 Å². The first-order chi connectivity index (χ1) is 7.47. The lowest BCUT2D eigenvalue weighted by Gasteiger charge is -2.05. The van der Waals surface area contributed by atoms with E-state index in [0.717, 1.165) is 0 Å². The van der Waals surface area contributed by atoms with Crippen LogP contribution in [0.2, 0.25) is 0 Å². The summed E-state index contributed by atoms with van der Waals surface area (Å²) in [6.07, 6.45) is 1.25. The van der Waals surface area contributed by atoms with Gasteiger partial charge in [0.25, 0.3) is 0 Å². The standard InChI is InChI=1S/C9H13N3O3S/c1-11-8(13)4-6-16(14,15)9-7(10)3-2-5-12-9/h2-3,5H,4,6,10H2,1H3,(H,11,13). The maximum Gasteiger partial charge on any atom is 0.220 e. The Bertz CT molecular complexity index is 485. The normalized spacial score (nSPS) is 11.1. The number of hydrogen-bond acceptors (Lipinski definition) is 5. The van der Waals surface area contributed by atoms with Crippen molar-refractivity contribution in [3.63, 3.8) is 0 Å². The Morgan fingerprint density at radius 1 is 1.56 bits per heavy atom. The first-order valence-electron chi connectivity index (χ1n) is 4.61. The molecule has 0 aliphatic rings. The fraction of sp³-hybridized carbons (Fsp3) is 0.333. The molecule has 1 heterocycles. The van der Waals surface area contributed by atoms with Gasteiger partial charge in [-0.25, -0.2) is 13.4 Å². The molecule has 7 heteroatoms. The third-order valence-corrected chi connectivity index (χ3v) is 3.64. The fourth-order valence-electron chi connectivity index (χ4n) is 1.11. The fourth-order valence-corrected chi connectivity index (χ4v) is 2.41. The minimum absolute atomic E-state index is 0.0967. The van der Waals surface area contributed by atoms with E-state index in [2.05, 4.69) is 10.3 Å². The zero-order chi connectivity index (χ0) is 12.2. The van der Waals surface area contributed by atoms with Gasteiger partial charge in [0.2, 0.25) is 5.91 Å². The molecule has 0 aliphatic carbocycles. The molecule has 0 unspecified atom stereocenters. The maximum atomic E-state index is 11.8. The molecule has 0 fully saturated rings. The predicted octanol–water partition coefficient (Wildman–Crippen LogP) is -0.426. The van der Waals surface area contributed by atoms with Crippen molar-refractivity contribution in [2.75, 3.05) is 18.5 Å². The van der Waals surface area contributed by atoms with E-state index in [1.807, 2.05) is 0 Å². The van der Waals surface area contributed by atoms with Crippen LogP contribution in [-0.2, 0) is 14.6 Å². The van der Waals surface area contributed by atoms with Crippen molar-refractivity contribution in [2.24, 2.45) is 0 Å². The third-order valence-electron chi connectivity index (χ3n) is 1.97. The van der Waals surface area contributed by atoms with E-state index in [9.17, 15) is 13.2 Å². The van der Waals surface area contributed by atoms with Gasteiger partial charge in [-0.1, -0.05) is 0 Å². The third kappa shape index (κ3) is 2.93. The van der Waals surface area contributed by atoms with Crippen LogP contribution in [0.5, 0.6) is 0 Å². The van der Waals surface area contributed by atoms with Crippen molar-refractivity contribution >= 4 is 21.4 Å². The average Bonchev–Trinajstić information content (AvgIpc) is 2.26. The number of amides is 1. The number of rotatable bonds is 4. The van der Waals surface area contributed by atoms with Crippen LogP contribution in [0.3, 0.4) is 0 Å². The van der Waals surface area contributed by atoms with Crippen molar-refractivity contribution in [3.05, 3.63) is 18.3 Å². The molecule has 1 amide bonds. The van der Waals surface area contributed by atoms with Crippen molar-refractivity contribution in [1.29, 1.82) is 0 Å². The Labute approximate surface area is 93.8 Å². The molecule has 1 aromatic heterocycles. The molecule has 6 nitrogen and oxygen atoms in total. The van der Waals surface area contributed by atoms with Gasteiger partial charge >= 0.3 is 0 Å². The molecular formula is C9H13N3O3S. The lowest BCUT2D eigenvalue weighted by molar-refractivity contribution is -0.120. The summed E-state index contributed by atoms with van der Waals surface area (Å²) in [5.41, 5.74) is 5.60. The Balaban J connectivity index is 2.87. The molecule has 0 spiro atoms. The lowest BCUT2D eigenvalue weighted by Crippen LogP contribution is -2.22. The Morgan fingerprint density at radius 3 is 2.81 bits per heavy atom. The number of pyridine rings is 1. The number of aromatic nitrogens is 1. The van der Waals surface area contributed by atoms with Crippen LogP contribution in [0.25, 0.3) is 0 Å². The number of nitrogens with zero attached hydrogens (tertiary/aromatic N) is 1. The molecule has 0 saturated heterocycles. The van der Waals surface area contributed by atoms with Crippen LogP contribution in [0.4, 0.5) is 5.69 Å². The number of carbonyl (C=O) groups is 1. The van der Waals surface area contributed by atoms with E-state index >= 15 is 0 Å². The van der Waals surface area contributed by atoms with Crippen LogP contribution in [0.15, 0.2) is 23.4 Å². The zero-order valence-corrected chi connectivity index (χ0v) is 9.62. The molecule has 0 aliphatic heterocycles. The summed E-state index contributed by atoms with van der Waals surface area (Å²) in [4.78, 5) is 14.7. The lowest BCUT2D eigenvalue weighted by atomic mass is 10.4. The van der Waals surface area contributed by atoms with Gasteiger partial charge in [0.1, 0.15) is 0 Å². The van der Waals surface area contributed by atoms with Crippen molar-refractivity contribution in [1.82, 2.24) is 10.3 Å². The van der Waals surface area contributed by atoms with Crippen LogP contribution >= 0.6 is 0 Å². The molecule has 0 radical (unpaired) electrons. The quantitative estimate of drug-likeness (QED) is 0.747. The molecule has 0 bridgehead atoms. The Morgan fingerprint density at radius 2 is 2.25 bits per heavy atom. The van der Waals surface area contributed by atoms with Gasteiger partial charge in [0.05, 0.1) is 11.4 Å². The summed E-state index contributed by atoms with van der Waals surface area (Å²) in [5.74, 6) is -0.633. The predicted molar refractivity (Wildman–Crippen MR) is 59.4 cm³/mol. The number of anilines is 1. The highest BCUT2D eigenvalue weighted by molar-refractivity contribution is 7.91. The van der Waals surface area contributed by atoms with E-state index in [1.54, 1.807) is 6.07 Å². The van der Waals surface area contributed by atoms with Crippen molar-refractivity contribution < 1.29 is 13.2 Å². The number of nitrogens with two attached hydrogens (primary N) is 1.